The normalized spacial score (nSPS) is 23.4. The van der Waals surface area contributed by atoms with Gasteiger partial charge in [-0.2, -0.15) is 0 Å². The standard InChI is InChI=1S/C16H22ClNO/c1-12-3-5-14(6-4-12)7-8-16(19)18-10-9-13(2)15(17)11-18/h3-6,13,15H,7-11H2,1-2H3. The second-order valence-corrected chi connectivity index (χ2v) is 6.17. The molecule has 0 N–H and O–H groups in total. The Bertz CT molecular complexity index is 429. The minimum atomic E-state index is 0.108. The number of rotatable bonds is 3. The van der Waals surface area contributed by atoms with Crippen molar-refractivity contribution in [1.29, 1.82) is 0 Å². The zero-order chi connectivity index (χ0) is 13.8. The highest BCUT2D eigenvalue weighted by Crippen LogP contribution is 2.22. The number of hydrogen-bond acceptors (Lipinski definition) is 1. The van der Waals surface area contributed by atoms with Gasteiger partial charge >= 0.3 is 0 Å². The van der Waals surface area contributed by atoms with Crippen LogP contribution in [0.4, 0.5) is 0 Å². The van der Waals surface area contributed by atoms with Gasteiger partial charge in [-0.25, -0.2) is 0 Å². The van der Waals surface area contributed by atoms with Gasteiger partial charge in [0.25, 0.3) is 0 Å². The molecule has 1 aliphatic rings. The molecule has 0 bridgehead atoms. The van der Waals surface area contributed by atoms with Crippen LogP contribution in [0.1, 0.15) is 30.9 Å². The number of benzene rings is 1. The Hall–Kier alpha value is -1.02. The van der Waals surface area contributed by atoms with E-state index in [4.69, 9.17) is 11.6 Å². The van der Waals surface area contributed by atoms with E-state index in [9.17, 15) is 4.79 Å². The Morgan fingerprint density at radius 1 is 1.37 bits per heavy atom. The zero-order valence-corrected chi connectivity index (χ0v) is 12.5. The van der Waals surface area contributed by atoms with Crippen LogP contribution in [0.2, 0.25) is 0 Å². The van der Waals surface area contributed by atoms with E-state index >= 15 is 0 Å². The zero-order valence-electron chi connectivity index (χ0n) is 11.7. The molecule has 2 atom stereocenters. The van der Waals surface area contributed by atoms with Crippen LogP contribution in [0.15, 0.2) is 24.3 Å². The van der Waals surface area contributed by atoms with E-state index in [0.717, 1.165) is 19.4 Å². The summed E-state index contributed by atoms with van der Waals surface area (Å²) in [7, 11) is 0. The first-order valence-corrected chi connectivity index (χ1v) is 7.47. The van der Waals surface area contributed by atoms with Crippen molar-refractivity contribution < 1.29 is 4.79 Å². The molecule has 1 heterocycles. The Balaban J connectivity index is 1.83. The van der Waals surface area contributed by atoms with E-state index in [2.05, 4.69) is 38.1 Å². The highest BCUT2D eigenvalue weighted by molar-refractivity contribution is 6.21. The molecule has 0 radical (unpaired) electrons. The van der Waals surface area contributed by atoms with E-state index in [1.54, 1.807) is 0 Å². The molecule has 1 aliphatic heterocycles. The second-order valence-electron chi connectivity index (χ2n) is 5.61. The number of carbonyl (C=O) groups is 1. The van der Waals surface area contributed by atoms with Crippen LogP contribution in [0, 0.1) is 12.8 Å². The second kappa shape index (κ2) is 6.42. The predicted octanol–water partition coefficient (Wildman–Crippen LogP) is 3.40. The molecule has 1 saturated heterocycles. The van der Waals surface area contributed by atoms with E-state index in [1.807, 2.05) is 4.90 Å². The van der Waals surface area contributed by atoms with Gasteiger partial charge in [0.1, 0.15) is 0 Å². The van der Waals surface area contributed by atoms with Gasteiger partial charge in [0.2, 0.25) is 5.91 Å². The topological polar surface area (TPSA) is 20.3 Å². The molecule has 0 saturated carbocycles. The molecule has 1 aromatic rings. The van der Waals surface area contributed by atoms with Crippen LogP contribution in [0.25, 0.3) is 0 Å². The van der Waals surface area contributed by atoms with Crippen molar-refractivity contribution in [2.24, 2.45) is 5.92 Å². The molecule has 104 valence electrons. The monoisotopic (exact) mass is 279 g/mol. The van der Waals surface area contributed by atoms with Crippen molar-refractivity contribution in [3.05, 3.63) is 35.4 Å². The lowest BCUT2D eigenvalue weighted by atomic mass is 9.98. The Morgan fingerprint density at radius 3 is 2.68 bits per heavy atom. The van der Waals surface area contributed by atoms with Crippen LogP contribution in [-0.4, -0.2) is 29.3 Å². The first kappa shape index (κ1) is 14.4. The van der Waals surface area contributed by atoms with Crippen LogP contribution in [0.3, 0.4) is 0 Å². The maximum absolute atomic E-state index is 12.2. The third-order valence-corrected chi connectivity index (χ3v) is 4.54. The number of piperidine rings is 1. The molecule has 2 nitrogen and oxygen atoms in total. The fourth-order valence-corrected chi connectivity index (χ4v) is 2.71. The summed E-state index contributed by atoms with van der Waals surface area (Å²) in [6, 6.07) is 8.39. The average molecular weight is 280 g/mol. The molecular formula is C16H22ClNO. The summed E-state index contributed by atoms with van der Waals surface area (Å²) in [5.41, 5.74) is 2.48. The summed E-state index contributed by atoms with van der Waals surface area (Å²) in [5.74, 6) is 0.751. The molecule has 1 fully saturated rings. The Labute approximate surface area is 120 Å². The summed E-state index contributed by atoms with van der Waals surface area (Å²) >= 11 is 6.25. The van der Waals surface area contributed by atoms with Gasteiger partial charge in [0.05, 0.1) is 5.38 Å². The minimum Gasteiger partial charge on any atom is -0.341 e. The van der Waals surface area contributed by atoms with E-state index < -0.39 is 0 Å². The predicted molar refractivity (Wildman–Crippen MR) is 79.5 cm³/mol. The van der Waals surface area contributed by atoms with E-state index in [0.29, 0.717) is 18.9 Å². The largest absolute Gasteiger partial charge is 0.341 e. The quantitative estimate of drug-likeness (QED) is 0.777. The summed E-state index contributed by atoms with van der Waals surface area (Å²) in [6.45, 7) is 5.79. The molecule has 3 heteroatoms. The van der Waals surface area contributed by atoms with E-state index in [-0.39, 0.29) is 11.3 Å². The Kier molecular flexibility index (Phi) is 4.87. The van der Waals surface area contributed by atoms with Crippen molar-refractivity contribution in [2.75, 3.05) is 13.1 Å². The van der Waals surface area contributed by atoms with Gasteiger partial charge in [-0.15, -0.1) is 11.6 Å². The molecular weight excluding hydrogens is 258 g/mol. The maximum Gasteiger partial charge on any atom is 0.222 e. The van der Waals surface area contributed by atoms with E-state index in [1.165, 1.54) is 11.1 Å². The van der Waals surface area contributed by atoms with Crippen molar-refractivity contribution in [1.82, 2.24) is 4.90 Å². The van der Waals surface area contributed by atoms with Crippen molar-refractivity contribution in [3.8, 4) is 0 Å². The maximum atomic E-state index is 12.2. The number of carbonyl (C=O) groups excluding carboxylic acids is 1. The molecule has 19 heavy (non-hydrogen) atoms. The lowest BCUT2D eigenvalue weighted by molar-refractivity contribution is -0.132. The SMILES string of the molecule is Cc1ccc(CCC(=O)N2CCC(C)C(Cl)C2)cc1. The van der Waals surface area contributed by atoms with Gasteiger partial charge in [-0.3, -0.25) is 4.79 Å². The number of likely N-dealkylation sites (tertiary alicyclic amines) is 1. The summed E-state index contributed by atoms with van der Waals surface area (Å²) in [6.07, 6.45) is 2.42. The van der Waals surface area contributed by atoms with Crippen LogP contribution in [0.5, 0.6) is 0 Å². The minimum absolute atomic E-state index is 0.108. The third-order valence-electron chi connectivity index (χ3n) is 3.97. The lowest BCUT2D eigenvalue weighted by Crippen LogP contribution is -2.43. The molecule has 2 unspecified atom stereocenters. The molecule has 0 aromatic heterocycles. The molecule has 0 spiro atoms. The average Bonchev–Trinajstić information content (AvgIpc) is 2.41. The number of alkyl halides is 1. The number of hydrogen-bond donors (Lipinski definition) is 0. The van der Waals surface area contributed by atoms with Gasteiger partial charge in [0, 0.05) is 19.5 Å². The van der Waals surface area contributed by atoms with Crippen molar-refractivity contribution in [3.63, 3.8) is 0 Å². The summed E-state index contributed by atoms with van der Waals surface area (Å²) in [4.78, 5) is 14.1. The van der Waals surface area contributed by atoms with Gasteiger partial charge in [-0.05, 0) is 31.2 Å². The van der Waals surface area contributed by atoms with Crippen LogP contribution < -0.4 is 0 Å². The fraction of sp³-hybridized carbons (Fsp3) is 0.562. The number of nitrogens with zero attached hydrogens (tertiary/aromatic N) is 1. The van der Waals surface area contributed by atoms with Gasteiger partial charge < -0.3 is 4.90 Å². The fourth-order valence-electron chi connectivity index (χ4n) is 2.41. The van der Waals surface area contributed by atoms with Gasteiger partial charge in [0.15, 0.2) is 0 Å². The summed E-state index contributed by atoms with van der Waals surface area (Å²) in [5, 5.41) is 0.108. The lowest BCUT2D eigenvalue weighted by Gasteiger charge is -2.34. The Morgan fingerprint density at radius 2 is 2.05 bits per heavy atom. The highest BCUT2D eigenvalue weighted by Gasteiger charge is 2.26. The molecule has 1 aromatic carbocycles. The molecule has 1 amide bonds. The number of amides is 1. The van der Waals surface area contributed by atoms with Gasteiger partial charge in [-0.1, -0.05) is 36.8 Å². The third kappa shape index (κ3) is 3.97. The smallest absolute Gasteiger partial charge is 0.222 e. The molecule has 0 aliphatic carbocycles. The summed E-state index contributed by atoms with van der Waals surface area (Å²) < 4.78 is 0. The number of halogens is 1. The first-order chi connectivity index (χ1) is 9.06. The molecule has 2 rings (SSSR count). The van der Waals surface area contributed by atoms with Crippen molar-refractivity contribution in [2.45, 2.75) is 38.5 Å². The number of aryl methyl sites for hydroxylation is 2. The first-order valence-electron chi connectivity index (χ1n) is 7.03. The van der Waals surface area contributed by atoms with Crippen molar-refractivity contribution >= 4 is 17.5 Å². The van der Waals surface area contributed by atoms with Crippen LogP contribution in [-0.2, 0) is 11.2 Å². The van der Waals surface area contributed by atoms with Crippen LogP contribution >= 0.6 is 11.6 Å². The highest BCUT2D eigenvalue weighted by atomic mass is 35.5.